The first-order valence-corrected chi connectivity index (χ1v) is 11.1. The first-order chi connectivity index (χ1) is 15.7. The van der Waals surface area contributed by atoms with Crippen molar-refractivity contribution in [3.05, 3.63) is 77.6 Å². The minimum atomic E-state index is -0.274. The zero-order valence-electron chi connectivity index (χ0n) is 18.3. The molecule has 166 valence electrons. The van der Waals surface area contributed by atoms with Crippen molar-refractivity contribution < 1.29 is 14.6 Å². The Kier molecular flexibility index (Phi) is 7.14. The van der Waals surface area contributed by atoms with Gasteiger partial charge in [-0.25, -0.2) is 0 Å². The van der Waals surface area contributed by atoms with Crippen LogP contribution in [0.15, 0.2) is 60.8 Å². The van der Waals surface area contributed by atoms with Crippen molar-refractivity contribution >= 4 is 11.6 Å². The number of carbonyl (C=O) groups is 1. The number of benzene rings is 2. The van der Waals surface area contributed by atoms with E-state index in [0.29, 0.717) is 37.1 Å². The second-order valence-electron chi connectivity index (χ2n) is 8.13. The van der Waals surface area contributed by atoms with Crippen LogP contribution in [-0.4, -0.2) is 35.8 Å². The van der Waals surface area contributed by atoms with Crippen LogP contribution in [0.2, 0.25) is 0 Å². The van der Waals surface area contributed by atoms with E-state index in [0.717, 1.165) is 27.9 Å². The largest absolute Gasteiger partial charge is 0.493 e. The van der Waals surface area contributed by atoms with Gasteiger partial charge in [-0.05, 0) is 48.4 Å². The molecule has 1 heterocycles. The van der Waals surface area contributed by atoms with Crippen molar-refractivity contribution in [3.63, 3.8) is 0 Å². The molecule has 0 saturated heterocycles. The molecule has 0 radical (unpaired) electrons. The number of aromatic nitrogens is 1. The average molecular weight is 432 g/mol. The zero-order valence-corrected chi connectivity index (χ0v) is 18.3. The number of carbonyl (C=O) groups excluding carboxylic acids is 1. The summed E-state index contributed by atoms with van der Waals surface area (Å²) in [6, 6.07) is 17.7. The minimum absolute atomic E-state index is 0.0631. The standard InChI is InChI=1S/C26H29N3O3/c1-18-22(20-6-3-2-4-7-20)8-5-9-23(18)29-26(31)24-14-25(32-17-19-10-11-19)21(16-28-24)15-27-12-13-30/h2-9,14,16,19,27,30H,10-13,15,17H2,1H3,(H,29,31). The SMILES string of the molecule is Cc1c(NC(=O)c2cc(OCC3CC3)c(CNCCO)cn2)cccc1-c1ccccc1. The highest BCUT2D eigenvalue weighted by molar-refractivity contribution is 6.04. The van der Waals surface area contributed by atoms with Gasteiger partial charge in [0.1, 0.15) is 11.4 Å². The predicted octanol–water partition coefficient (Wildman–Crippen LogP) is 4.18. The van der Waals surface area contributed by atoms with Gasteiger partial charge in [-0.15, -0.1) is 0 Å². The molecule has 1 aromatic heterocycles. The molecular formula is C26H29N3O3. The smallest absolute Gasteiger partial charge is 0.274 e. The van der Waals surface area contributed by atoms with E-state index in [4.69, 9.17) is 9.84 Å². The van der Waals surface area contributed by atoms with Crippen LogP contribution in [0.25, 0.3) is 11.1 Å². The molecule has 0 bridgehead atoms. The Balaban J connectivity index is 1.53. The quantitative estimate of drug-likeness (QED) is 0.420. The van der Waals surface area contributed by atoms with Crippen molar-refractivity contribution in [2.75, 3.05) is 25.1 Å². The van der Waals surface area contributed by atoms with Gasteiger partial charge in [-0.2, -0.15) is 0 Å². The lowest BCUT2D eigenvalue weighted by atomic mass is 9.99. The summed E-state index contributed by atoms with van der Waals surface area (Å²) in [5.41, 5.74) is 5.13. The first-order valence-electron chi connectivity index (χ1n) is 11.1. The molecule has 1 amide bonds. The summed E-state index contributed by atoms with van der Waals surface area (Å²) in [5, 5.41) is 15.2. The van der Waals surface area contributed by atoms with E-state index in [1.807, 2.05) is 37.3 Å². The van der Waals surface area contributed by atoms with Crippen LogP contribution < -0.4 is 15.4 Å². The van der Waals surface area contributed by atoms with Gasteiger partial charge in [0.25, 0.3) is 5.91 Å². The van der Waals surface area contributed by atoms with Crippen LogP contribution in [0.4, 0.5) is 5.69 Å². The molecule has 0 spiro atoms. The molecule has 0 aliphatic heterocycles. The van der Waals surface area contributed by atoms with Gasteiger partial charge in [0.15, 0.2) is 0 Å². The van der Waals surface area contributed by atoms with Gasteiger partial charge in [-0.1, -0.05) is 42.5 Å². The number of amides is 1. The van der Waals surface area contributed by atoms with Crippen LogP contribution in [0.3, 0.4) is 0 Å². The maximum absolute atomic E-state index is 13.0. The minimum Gasteiger partial charge on any atom is -0.493 e. The number of anilines is 1. The molecule has 3 N–H and O–H groups in total. The molecule has 3 aromatic rings. The van der Waals surface area contributed by atoms with Crippen LogP contribution in [0.1, 0.15) is 34.5 Å². The van der Waals surface area contributed by atoms with Crippen molar-refractivity contribution in [2.24, 2.45) is 5.92 Å². The van der Waals surface area contributed by atoms with Gasteiger partial charge < -0.3 is 20.5 Å². The number of hydrogen-bond donors (Lipinski definition) is 3. The molecule has 1 aliphatic rings. The Labute approximate surface area is 188 Å². The van der Waals surface area contributed by atoms with E-state index in [-0.39, 0.29) is 12.5 Å². The normalized spacial score (nSPS) is 13.1. The van der Waals surface area contributed by atoms with Crippen molar-refractivity contribution in [2.45, 2.75) is 26.3 Å². The lowest BCUT2D eigenvalue weighted by Crippen LogP contribution is -2.20. The number of ether oxygens (including phenoxy) is 1. The Morgan fingerprint density at radius 2 is 1.97 bits per heavy atom. The molecule has 2 aromatic carbocycles. The third kappa shape index (κ3) is 5.52. The van der Waals surface area contributed by atoms with E-state index in [1.165, 1.54) is 12.8 Å². The third-order valence-electron chi connectivity index (χ3n) is 5.62. The summed E-state index contributed by atoms with van der Waals surface area (Å²) in [6.45, 7) is 3.73. The van der Waals surface area contributed by atoms with Gasteiger partial charge >= 0.3 is 0 Å². The summed E-state index contributed by atoms with van der Waals surface area (Å²) in [6.07, 6.45) is 4.05. The molecule has 0 unspecified atom stereocenters. The molecule has 1 saturated carbocycles. The molecule has 32 heavy (non-hydrogen) atoms. The van der Waals surface area contributed by atoms with Crippen LogP contribution in [-0.2, 0) is 6.54 Å². The summed E-state index contributed by atoms with van der Waals surface area (Å²) in [4.78, 5) is 17.4. The lowest BCUT2D eigenvalue weighted by Gasteiger charge is -2.15. The Bertz CT molecular complexity index is 1070. The van der Waals surface area contributed by atoms with Crippen molar-refractivity contribution in [1.82, 2.24) is 10.3 Å². The van der Waals surface area contributed by atoms with E-state index in [1.54, 1.807) is 12.3 Å². The highest BCUT2D eigenvalue weighted by atomic mass is 16.5. The monoisotopic (exact) mass is 431 g/mol. The fourth-order valence-corrected chi connectivity index (χ4v) is 3.54. The topological polar surface area (TPSA) is 83.5 Å². The van der Waals surface area contributed by atoms with E-state index < -0.39 is 0 Å². The van der Waals surface area contributed by atoms with E-state index in [2.05, 4.69) is 33.8 Å². The van der Waals surface area contributed by atoms with Crippen LogP contribution in [0, 0.1) is 12.8 Å². The number of pyridine rings is 1. The first kappa shape index (κ1) is 22.0. The van der Waals surface area contributed by atoms with E-state index in [9.17, 15) is 4.79 Å². The van der Waals surface area contributed by atoms with E-state index >= 15 is 0 Å². The number of nitrogens with zero attached hydrogens (tertiary/aromatic N) is 1. The number of nitrogens with one attached hydrogen (secondary N) is 2. The van der Waals surface area contributed by atoms with Crippen molar-refractivity contribution in [3.8, 4) is 16.9 Å². The Morgan fingerprint density at radius 1 is 1.16 bits per heavy atom. The maximum Gasteiger partial charge on any atom is 0.274 e. The molecular weight excluding hydrogens is 402 g/mol. The number of rotatable bonds is 10. The Hall–Kier alpha value is -3.22. The highest BCUT2D eigenvalue weighted by Gasteiger charge is 2.23. The van der Waals surface area contributed by atoms with Crippen LogP contribution in [0.5, 0.6) is 5.75 Å². The molecule has 0 atom stereocenters. The zero-order chi connectivity index (χ0) is 22.3. The summed E-state index contributed by atoms with van der Waals surface area (Å²) < 4.78 is 6.01. The predicted molar refractivity (Wildman–Crippen MR) is 126 cm³/mol. The number of hydrogen-bond acceptors (Lipinski definition) is 5. The maximum atomic E-state index is 13.0. The molecule has 4 rings (SSSR count). The summed E-state index contributed by atoms with van der Waals surface area (Å²) in [5.74, 6) is 0.990. The van der Waals surface area contributed by atoms with Gasteiger partial charge in [0, 0.05) is 36.6 Å². The second-order valence-corrected chi connectivity index (χ2v) is 8.13. The molecule has 1 aliphatic carbocycles. The van der Waals surface area contributed by atoms with Gasteiger partial charge in [-0.3, -0.25) is 9.78 Å². The lowest BCUT2D eigenvalue weighted by molar-refractivity contribution is 0.102. The second kappa shape index (κ2) is 10.4. The van der Waals surface area contributed by atoms with Gasteiger partial charge in [0.05, 0.1) is 13.2 Å². The van der Waals surface area contributed by atoms with Crippen LogP contribution >= 0.6 is 0 Å². The molecule has 6 nitrogen and oxygen atoms in total. The fraction of sp³-hybridized carbons (Fsp3) is 0.308. The van der Waals surface area contributed by atoms with Gasteiger partial charge in [0.2, 0.25) is 0 Å². The highest BCUT2D eigenvalue weighted by Crippen LogP contribution is 2.31. The fourth-order valence-electron chi connectivity index (χ4n) is 3.54. The summed E-state index contributed by atoms with van der Waals surface area (Å²) >= 11 is 0. The third-order valence-corrected chi connectivity index (χ3v) is 5.62. The number of aliphatic hydroxyl groups excluding tert-OH is 1. The Morgan fingerprint density at radius 3 is 2.72 bits per heavy atom. The summed E-state index contributed by atoms with van der Waals surface area (Å²) in [7, 11) is 0. The number of aliphatic hydroxyl groups is 1. The van der Waals surface area contributed by atoms with Crippen molar-refractivity contribution in [1.29, 1.82) is 0 Å². The average Bonchev–Trinajstić information content (AvgIpc) is 3.65. The molecule has 6 heteroatoms. The molecule has 1 fully saturated rings.